The number of hydrogen-bond acceptors (Lipinski definition) is 2. The van der Waals surface area contributed by atoms with Crippen LogP contribution in [0.5, 0.6) is 0 Å². The molecule has 0 bridgehead atoms. The largest absolute Gasteiger partial charge is 0.283 e. The molecule has 102 valence electrons. The van der Waals surface area contributed by atoms with Gasteiger partial charge in [-0.05, 0) is 36.0 Å². The fraction of sp³-hybridized carbons (Fsp3) is 0.571. The van der Waals surface area contributed by atoms with Crippen LogP contribution >= 0.6 is 0 Å². The van der Waals surface area contributed by atoms with E-state index in [1.54, 1.807) is 0 Å². The molecule has 0 aliphatic carbocycles. The molecule has 0 atom stereocenters. The Labute approximate surface area is 111 Å². The van der Waals surface area contributed by atoms with Gasteiger partial charge in [-0.1, -0.05) is 39.8 Å². The van der Waals surface area contributed by atoms with Crippen molar-refractivity contribution in [2.75, 3.05) is 10.5 Å². The van der Waals surface area contributed by atoms with Gasteiger partial charge in [-0.25, -0.2) is 8.42 Å². The second-order valence-electron chi connectivity index (χ2n) is 5.70. The highest BCUT2D eigenvalue weighted by Crippen LogP contribution is 2.27. The third-order valence-corrected chi connectivity index (χ3v) is 4.32. The predicted molar refractivity (Wildman–Crippen MR) is 77.6 cm³/mol. The number of aryl methyl sites for hydroxylation is 1. The molecule has 0 aliphatic heterocycles. The van der Waals surface area contributed by atoms with E-state index in [1.165, 1.54) is 0 Å². The maximum atomic E-state index is 11.8. The molecule has 1 N–H and O–H groups in total. The molecule has 0 amide bonds. The van der Waals surface area contributed by atoms with Crippen molar-refractivity contribution >= 4 is 15.7 Å². The number of nitrogens with one attached hydrogen (secondary N) is 1. The van der Waals surface area contributed by atoms with Gasteiger partial charge >= 0.3 is 0 Å². The monoisotopic (exact) mass is 269 g/mol. The van der Waals surface area contributed by atoms with Crippen molar-refractivity contribution in [2.24, 2.45) is 0 Å². The minimum absolute atomic E-state index is 0.0125. The number of anilines is 1. The molecule has 1 aromatic carbocycles. The minimum Gasteiger partial charge on any atom is -0.283 e. The van der Waals surface area contributed by atoms with Gasteiger partial charge in [-0.15, -0.1) is 0 Å². The molecule has 0 unspecified atom stereocenters. The minimum atomic E-state index is -3.22. The first-order chi connectivity index (χ1) is 8.15. The number of rotatable bonds is 4. The normalized spacial score (nSPS) is 12.5. The lowest BCUT2D eigenvalue weighted by atomic mass is 9.86. The van der Waals surface area contributed by atoms with Gasteiger partial charge in [-0.2, -0.15) is 0 Å². The second kappa shape index (κ2) is 5.31. The van der Waals surface area contributed by atoms with E-state index in [-0.39, 0.29) is 11.2 Å². The average Bonchev–Trinajstić information content (AvgIpc) is 2.19. The van der Waals surface area contributed by atoms with Crippen LogP contribution < -0.4 is 4.72 Å². The summed E-state index contributed by atoms with van der Waals surface area (Å²) in [7, 11) is -3.22. The van der Waals surface area contributed by atoms with Crippen LogP contribution in [0.25, 0.3) is 0 Å². The van der Waals surface area contributed by atoms with Crippen LogP contribution in [0.2, 0.25) is 0 Å². The molecule has 0 spiro atoms. The van der Waals surface area contributed by atoms with Crippen LogP contribution in [0.15, 0.2) is 18.2 Å². The summed E-state index contributed by atoms with van der Waals surface area (Å²) in [6.45, 7) is 10.1. The first kappa shape index (κ1) is 15.0. The third kappa shape index (κ3) is 4.02. The van der Waals surface area contributed by atoms with E-state index < -0.39 is 10.0 Å². The van der Waals surface area contributed by atoms with E-state index in [4.69, 9.17) is 0 Å². The Morgan fingerprint density at radius 1 is 1.22 bits per heavy atom. The Balaban J connectivity index is 3.10. The van der Waals surface area contributed by atoms with Crippen molar-refractivity contribution in [3.63, 3.8) is 0 Å². The molecule has 0 radical (unpaired) electrons. The molecule has 18 heavy (non-hydrogen) atoms. The summed E-state index contributed by atoms with van der Waals surface area (Å²) in [5.74, 6) is 0.159. The van der Waals surface area contributed by atoms with Crippen molar-refractivity contribution in [3.05, 3.63) is 29.3 Å². The van der Waals surface area contributed by atoms with Crippen LogP contribution in [-0.2, 0) is 15.4 Å². The molecule has 0 fully saturated rings. The van der Waals surface area contributed by atoms with Crippen molar-refractivity contribution in [3.8, 4) is 0 Å². The summed E-state index contributed by atoms with van der Waals surface area (Å²) in [5, 5.41) is 0. The Kier molecular flexibility index (Phi) is 4.43. The van der Waals surface area contributed by atoms with Crippen LogP contribution in [0.1, 0.15) is 45.2 Å². The lowest BCUT2D eigenvalue weighted by molar-refractivity contribution is 0.589. The smallest absolute Gasteiger partial charge is 0.232 e. The molecule has 0 saturated carbocycles. The summed E-state index contributed by atoms with van der Waals surface area (Å²) in [4.78, 5) is 0. The Hall–Kier alpha value is -1.03. The highest BCUT2D eigenvalue weighted by Gasteiger charge is 2.16. The van der Waals surface area contributed by atoms with E-state index in [1.807, 2.05) is 32.0 Å². The first-order valence-corrected chi connectivity index (χ1v) is 7.92. The molecule has 0 aromatic heterocycles. The van der Waals surface area contributed by atoms with Crippen LogP contribution in [0, 0.1) is 6.92 Å². The summed E-state index contributed by atoms with van der Waals surface area (Å²) < 4.78 is 26.3. The van der Waals surface area contributed by atoms with Crippen molar-refractivity contribution in [2.45, 2.75) is 46.5 Å². The maximum absolute atomic E-state index is 11.8. The fourth-order valence-corrected chi connectivity index (χ4v) is 2.88. The summed E-state index contributed by atoms with van der Waals surface area (Å²) in [5.41, 5.74) is 2.78. The van der Waals surface area contributed by atoms with Crippen LogP contribution in [-0.4, -0.2) is 14.2 Å². The number of hydrogen-bond donors (Lipinski definition) is 1. The fourth-order valence-electron chi connectivity index (χ4n) is 1.69. The van der Waals surface area contributed by atoms with E-state index >= 15 is 0 Å². The lowest BCUT2D eigenvalue weighted by Gasteiger charge is -2.21. The highest BCUT2D eigenvalue weighted by atomic mass is 32.2. The summed E-state index contributed by atoms with van der Waals surface area (Å²) >= 11 is 0. The molecule has 4 heteroatoms. The molecular weight excluding hydrogens is 246 g/mol. The first-order valence-electron chi connectivity index (χ1n) is 6.27. The quantitative estimate of drug-likeness (QED) is 0.910. The van der Waals surface area contributed by atoms with E-state index in [2.05, 4.69) is 25.5 Å². The van der Waals surface area contributed by atoms with Crippen LogP contribution in [0.4, 0.5) is 5.69 Å². The van der Waals surface area contributed by atoms with Gasteiger partial charge in [0.05, 0.1) is 11.4 Å². The van der Waals surface area contributed by atoms with Gasteiger partial charge in [0.2, 0.25) is 10.0 Å². The zero-order valence-electron chi connectivity index (χ0n) is 11.9. The SMILES string of the molecule is CCCS(=O)(=O)Nc1cc(C(C)(C)C)ccc1C. The molecular formula is C14H23NO2S. The third-order valence-electron chi connectivity index (χ3n) is 2.84. The van der Waals surface area contributed by atoms with Crippen LogP contribution in [0.3, 0.4) is 0 Å². The van der Waals surface area contributed by atoms with Gasteiger partial charge in [0, 0.05) is 0 Å². The Morgan fingerprint density at radius 2 is 1.83 bits per heavy atom. The number of sulfonamides is 1. The Morgan fingerprint density at radius 3 is 2.33 bits per heavy atom. The molecule has 1 aromatic rings. The standard InChI is InChI=1S/C14H23NO2S/c1-6-9-18(16,17)15-13-10-12(14(3,4)5)8-7-11(13)2/h7-8,10,15H,6,9H2,1-5H3. The lowest BCUT2D eigenvalue weighted by Crippen LogP contribution is -2.18. The molecule has 0 heterocycles. The topological polar surface area (TPSA) is 46.2 Å². The highest BCUT2D eigenvalue weighted by molar-refractivity contribution is 7.92. The van der Waals surface area contributed by atoms with Gasteiger partial charge in [0.1, 0.15) is 0 Å². The molecule has 0 saturated heterocycles. The van der Waals surface area contributed by atoms with Gasteiger partial charge in [-0.3, -0.25) is 4.72 Å². The van der Waals surface area contributed by atoms with Gasteiger partial charge < -0.3 is 0 Å². The van der Waals surface area contributed by atoms with Gasteiger partial charge in [0.25, 0.3) is 0 Å². The van der Waals surface area contributed by atoms with E-state index in [9.17, 15) is 8.42 Å². The second-order valence-corrected chi connectivity index (χ2v) is 7.54. The zero-order valence-corrected chi connectivity index (χ0v) is 12.7. The molecule has 3 nitrogen and oxygen atoms in total. The van der Waals surface area contributed by atoms with Crippen molar-refractivity contribution in [1.82, 2.24) is 0 Å². The maximum Gasteiger partial charge on any atom is 0.232 e. The summed E-state index contributed by atoms with van der Waals surface area (Å²) in [6, 6.07) is 5.94. The number of benzene rings is 1. The van der Waals surface area contributed by atoms with Crippen molar-refractivity contribution < 1.29 is 8.42 Å². The van der Waals surface area contributed by atoms with E-state index in [0.717, 1.165) is 11.1 Å². The molecule has 0 aliphatic rings. The Bertz CT molecular complexity index is 513. The van der Waals surface area contributed by atoms with Crippen molar-refractivity contribution in [1.29, 1.82) is 0 Å². The summed E-state index contributed by atoms with van der Waals surface area (Å²) in [6.07, 6.45) is 0.618. The average molecular weight is 269 g/mol. The van der Waals surface area contributed by atoms with Gasteiger partial charge in [0.15, 0.2) is 0 Å². The zero-order chi connectivity index (χ0) is 14.0. The predicted octanol–water partition coefficient (Wildman–Crippen LogP) is 3.44. The molecule has 1 rings (SSSR count). The van der Waals surface area contributed by atoms with E-state index in [0.29, 0.717) is 12.1 Å².